The Kier molecular flexibility index (Phi) is 3.83. The molecule has 0 fully saturated rings. The third-order valence-corrected chi connectivity index (χ3v) is 3.03. The maximum absolute atomic E-state index is 11.8. The van der Waals surface area contributed by atoms with E-state index >= 15 is 0 Å². The van der Waals surface area contributed by atoms with E-state index in [2.05, 4.69) is 10.3 Å². The van der Waals surface area contributed by atoms with Crippen molar-refractivity contribution in [2.75, 3.05) is 6.54 Å². The van der Waals surface area contributed by atoms with Gasteiger partial charge >= 0.3 is 0 Å². The number of benzene rings is 1. The number of amides is 1. The van der Waals surface area contributed by atoms with Crippen molar-refractivity contribution in [2.24, 2.45) is 0 Å². The van der Waals surface area contributed by atoms with Gasteiger partial charge in [0.25, 0.3) is 0 Å². The summed E-state index contributed by atoms with van der Waals surface area (Å²) < 4.78 is 0. The number of H-pyrrole nitrogens is 1. The van der Waals surface area contributed by atoms with Crippen LogP contribution in [0.1, 0.15) is 19.4 Å². The van der Waals surface area contributed by atoms with Crippen molar-refractivity contribution < 1.29 is 9.90 Å². The second-order valence-electron chi connectivity index (χ2n) is 5.27. The van der Waals surface area contributed by atoms with Crippen LogP contribution in [-0.4, -0.2) is 28.1 Å². The molecule has 0 saturated heterocycles. The Morgan fingerprint density at radius 1 is 1.47 bits per heavy atom. The van der Waals surface area contributed by atoms with E-state index in [0.717, 1.165) is 16.5 Å². The number of nitrogens with one attached hydrogen (secondary N) is 2. The summed E-state index contributed by atoms with van der Waals surface area (Å²) in [4.78, 5) is 14.9. The summed E-state index contributed by atoms with van der Waals surface area (Å²) in [6.07, 6.45) is 2.07. The van der Waals surface area contributed by atoms with Crippen LogP contribution in [0.5, 0.6) is 0 Å². The Morgan fingerprint density at radius 3 is 2.89 bits per heavy atom. The molecule has 19 heavy (non-hydrogen) atoms. The molecular formula is C14H17ClN2O2. The van der Waals surface area contributed by atoms with E-state index in [1.54, 1.807) is 19.9 Å². The van der Waals surface area contributed by atoms with Crippen molar-refractivity contribution >= 4 is 28.4 Å². The third-order valence-electron chi connectivity index (χ3n) is 2.80. The van der Waals surface area contributed by atoms with E-state index < -0.39 is 5.60 Å². The minimum Gasteiger partial charge on any atom is -0.389 e. The quantitative estimate of drug-likeness (QED) is 0.804. The van der Waals surface area contributed by atoms with Crippen molar-refractivity contribution in [1.82, 2.24) is 10.3 Å². The van der Waals surface area contributed by atoms with E-state index in [0.29, 0.717) is 5.02 Å². The molecule has 0 atom stereocenters. The van der Waals surface area contributed by atoms with Gasteiger partial charge in [-0.25, -0.2) is 0 Å². The summed E-state index contributed by atoms with van der Waals surface area (Å²) in [6, 6.07) is 5.53. The van der Waals surface area contributed by atoms with Crippen molar-refractivity contribution in [3.63, 3.8) is 0 Å². The molecule has 2 rings (SSSR count). The SMILES string of the molecule is CC(C)(O)CNC(=O)Cc1c[nH]c2ccc(Cl)cc12. The van der Waals surface area contributed by atoms with Gasteiger partial charge in [-0.1, -0.05) is 11.6 Å². The molecule has 0 aliphatic carbocycles. The number of aromatic nitrogens is 1. The van der Waals surface area contributed by atoms with Crippen LogP contribution < -0.4 is 5.32 Å². The molecule has 3 N–H and O–H groups in total. The first-order valence-corrected chi connectivity index (χ1v) is 6.47. The second-order valence-corrected chi connectivity index (χ2v) is 5.71. The van der Waals surface area contributed by atoms with Gasteiger partial charge in [-0.05, 0) is 37.6 Å². The lowest BCUT2D eigenvalue weighted by atomic mass is 10.1. The number of aliphatic hydroxyl groups is 1. The van der Waals surface area contributed by atoms with Crippen LogP contribution in [0.2, 0.25) is 5.02 Å². The van der Waals surface area contributed by atoms with Gasteiger partial charge in [-0.2, -0.15) is 0 Å². The van der Waals surface area contributed by atoms with Gasteiger partial charge in [0.05, 0.1) is 12.0 Å². The molecule has 0 bridgehead atoms. The predicted octanol–water partition coefficient (Wildman–Crippen LogP) is 2.25. The minimum absolute atomic E-state index is 0.122. The first kappa shape index (κ1) is 13.9. The summed E-state index contributed by atoms with van der Waals surface area (Å²) in [6.45, 7) is 3.53. The van der Waals surface area contributed by atoms with Crippen LogP contribution in [0.4, 0.5) is 0 Å². The number of rotatable bonds is 4. The highest BCUT2D eigenvalue weighted by molar-refractivity contribution is 6.31. The number of halogens is 1. The number of aromatic amines is 1. The smallest absolute Gasteiger partial charge is 0.224 e. The Bertz CT molecular complexity index is 599. The first-order valence-electron chi connectivity index (χ1n) is 6.10. The number of fused-ring (bicyclic) bond motifs is 1. The fourth-order valence-corrected chi connectivity index (χ4v) is 2.02. The maximum Gasteiger partial charge on any atom is 0.224 e. The summed E-state index contributed by atoms with van der Waals surface area (Å²) in [7, 11) is 0. The van der Waals surface area contributed by atoms with Crippen LogP contribution in [0.25, 0.3) is 10.9 Å². The molecule has 1 heterocycles. The maximum atomic E-state index is 11.8. The third kappa shape index (κ3) is 3.72. The lowest BCUT2D eigenvalue weighted by Gasteiger charge is -2.17. The molecule has 0 radical (unpaired) electrons. The standard InChI is InChI=1S/C14H17ClN2O2/c1-14(2,19)8-17-13(18)5-9-7-16-12-4-3-10(15)6-11(9)12/h3-4,6-7,16,19H,5,8H2,1-2H3,(H,17,18). The fraction of sp³-hybridized carbons (Fsp3) is 0.357. The molecule has 102 valence electrons. The van der Waals surface area contributed by atoms with Gasteiger partial charge in [0.15, 0.2) is 0 Å². The molecule has 2 aromatic rings. The van der Waals surface area contributed by atoms with Crippen molar-refractivity contribution in [3.8, 4) is 0 Å². The second kappa shape index (κ2) is 5.23. The molecule has 4 nitrogen and oxygen atoms in total. The largest absolute Gasteiger partial charge is 0.389 e. The zero-order valence-electron chi connectivity index (χ0n) is 11.0. The van der Waals surface area contributed by atoms with Crippen molar-refractivity contribution in [1.29, 1.82) is 0 Å². The van der Waals surface area contributed by atoms with E-state index in [9.17, 15) is 9.90 Å². The monoisotopic (exact) mass is 280 g/mol. The molecule has 0 saturated carbocycles. The average Bonchev–Trinajstić information content (AvgIpc) is 2.68. The van der Waals surface area contributed by atoms with E-state index in [1.165, 1.54) is 0 Å². The van der Waals surface area contributed by atoms with Gasteiger partial charge in [0.1, 0.15) is 0 Å². The average molecular weight is 281 g/mol. The van der Waals surface area contributed by atoms with Gasteiger partial charge in [0, 0.05) is 28.7 Å². The lowest BCUT2D eigenvalue weighted by Crippen LogP contribution is -2.38. The topological polar surface area (TPSA) is 65.1 Å². The lowest BCUT2D eigenvalue weighted by molar-refractivity contribution is -0.121. The zero-order valence-corrected chi connectivity index (χ0v) is 11.7. The summed E-state index contributed by atoms with van der Waals surface area (Å²) >= 11 is 5.96. The van der Waals surface area contributed by atoms with Crippen LogP contribution in [0.15, 0.2) is 24.4 Å². The van der Waals surface area contributed by atoms with Crippen LogP contribution in [-0.2, 0) is 11.2 Å². The summed E-state index contributed by atoms with van der Waals surface area (Å²) in [5.74, 6) is -0.122. The van der Waals surface area contributed by atoms with Gasteiger partial charge in [0.2, 0.25) is 5.91 Å². The van der Waals surface area contributed by atoms with Gasteiger partial charge in [-0.3, -0.25) is 4.79 Å². The van der Waals surface area contributed by atoms with E-state index in [1.807, 2.05) is 18.3 Å². The van der Waals surface area contributed by atoms with Crippen molar-refractivity contribution in [2.45, 2.75) is 25.9 Å². The molecule has 0 aliphatic heterocycles. The highest BCUT2D eigenvalue weighted by Gasteiger charge is 2.15. The highest BCUT2D eigenvalue weighted by Crippen LogP contribution is 2.22. The first-order chi connectivity index (χ1) is 8.85. The number of hydrogen-bond acceptors (Lipinski definition) is 2. The normalized spacial score (nSPS) is 11.8. The Balaban J connectivity index is 2.09. The molecule has 1 aromatic heterocycles. The number of carbonyl (C=O) groups is 1. The zero-order chi connectivity index (χ0) is 14.0. The molecule has 1 amide bonds. The predicted molar refractivity (Wildman–Crippen MR) is 76.3 cm³/mol. The van der Waals surface area contributed by atoms with E-state index in [4.69, 9.17) is 11.6 Å². The Morgan fingerprint density at radius 2 is 2.21 bits per heavy atom. The molecule has 0 unspecified atom stereocenters. The van der Waals surface area contributed by atoms with Gasteiger partial charge < -0.3 is 15.4 Å². The minimum atomic E-state index is -0.904. The van der Waals surface area contributed by atoms with Crippen LogP contribution in [0, 0.1) is 0 Å². The summed E-state index contributed by atoms with van der Waals surface area (Å²) in [5, 5.41) is 13.9. The Hall–Kier alpha value is -1.52. The fourth-order valence-electron chi connectivity index (χ4n) is 1.85. The van der Waals surface area contributed by atoms with Crippen molar-refractivity contribution in [3.05, 3.63) is 35.0 Å². The molecule has 1 aromatic carbocycles. The van der Waals surface area contributed by atoms with E-state index in [-0.39, 0.29) is 18.9 Å². The Labute approximate surface area is 116 Å². The van der Waals surface area contributed by atoms with Crippen LogP contribution >= 0.6 is 11.6 Å². The molecule has 0 aliphatic rings. The summed E-state index contributed by atoms with van der Waals surface area (Å²) in [5.41, 5.74) is 0.944. The number of carbonyl (C=O) groups excluding carboxylic acids is 1. The molecular weight excluding hydrogens is 264 g/mol. The van der Waals surface area contributed by atoms with Crippen LogP contribution in [0.3, 0.4) is 0 Å². The van der Waals surface area contributed by atoms with Gasteiger partial charge in [-0.15, -0.1) is 0 Å². The molecule has 5 heteroatoms. The highest BCUT2D eigenvalue weighted by atomic mass is 35.5. The molecule has 0 spiro atoms. The number of hydrogen-bond donors (Lipinski definition) is 3.